The van der Waals surface area contributed by atoms with Crippen molar-refractivity contribution in [1.82, 2.24) is 4.57 Å². The lowest BCUT2D eigenvalue weighted by Gasteiger charge is -2.13. The van der Waals surface area contributed by atoms with Gasteiger partial charge in [-0.25, -0.2) is 0 Å². The topological polar surface area (TPSA) is 40.8 Å². The molecule has 1 aliphatic heterocycles. The number of hydrogen-bond acceptors (Lipinski definition) is 2. The minimum atomic E-state index is 0.869. The summed E-state index contributed by atoms with van der Waals surface area (Å²) in [5.74, 6) is 0. The Bertz CT molecular complexity index is 854. The second-order valence-corrected chi connectivity index (χ2v) is 5.13. The summed E-state index contributed by atoms with van der Waals surface area (Å²) in [6, 6.07) is 16.5. The number of nitrogens with one attached hydrogen (secondary N) is 2. The molecule has 0 spiro atoms. The molecule has 0 aliphatic carbocycles. The highest BCUT2D eigenvalue weighted by Crippen LogP contribution is 2.35. The first-order chi connectivity index (χ1) is 10.4. The quantitative estimate of drug-likeness (QED) is 0.679. The third-order valence-corrected chi connectivity index (χ3v) is 3.90. The maximum absolute atomic E-state index is 7.32. The zero-order valence-corrected chi connectivity index (χ0v) is 11.5. The summed E-state index contributed by atoms with van der Waals surface area (Å²) in [4.78, 5) is 0. The number of anilines is 1. The fraction of sp³-hybridized carbons (Fsp3) is 0.0556. The van der Waals surface area contributed by atoms with Gasteiger partial charge in [0, 0.05) is 23.8 Å². The molecule has 0 atom stereocenters. The number of nitrogens with zero attached hydrogens (tertiary/aromatic N) is 1. The van der Waals surface area contributed by atoms with Gasteiger partial charge in [-0.2, -0.15) is 0 Å². The Morgan fingerprint density at radius 2 is 1.86 bits per heavy atom. The van der Waals surface area contributed by atoms with Gasteiger partial charge in [-0.3, -0.25) is 0 Å². The zero-order valence-electron chi connectivity index (χ0n) is 11.5. The first-order valence-electron chi connectivity index (χ1n) is 7.03. The van der Waals surface area contributed by atoms with Gasteiger partial charge in [0.1, 0.15) is 0 Å². The van der Waals surface area contributed by atoms with Crippen molar-refractivity contribution in [2.24, 2.45) is 0 Å². The molecule has 3 aromatic rings. The number of hydrogen-bond donors (Lipinski definition) is 2. The molecule has 0 unspecified atom stereocenters. The highest BCUT2D eigenvalue weighted by molar-refractivity contribution is 6.00. The largest absolute Gasteiger partial charge is 0.379 e. The van der Waals surface area contributed by atoms with Gasteiger partial charge in [-0.15, -0.1) is 0 Å². The van der Waals surface area contributed by atoms with E-state index in [9.17, 15) is 0 Å². The van der Waals surface area contributed by atoms with Gasteiger partial charge >= 0.3 is 0 Å². The van der Waals surface area contributed by atoms with Crippen molar-refractivity contribution in [2.45, 2.75) is 0 Å². The van der Waals surface area contributed by atoms with Gasteiger partial charge in [0.05, 0.1) is 16.9 Å². The summed E-state index contributed by atoms with van der Waals surface area (Å²) in [6.07, 6.45) is 5.69. The molecule has 102 valence electrons. The third-order valence-electron chi connectivity index (χ3n) is 3.90. The number of para-hydroxylation sites is 1. The molecule has 3 heteroatoms. The van der Waals surface area contributed by atoms with Gasteiger partial charge in [0.2, 0.25) is 0 Å². The minimum Gasteiger partial charge on any atom is -0.379 e. The van der Waals surface area contributed by atoms with Crippen LogP contribution in [-0.2, 0) is 0 Å². The fourth-order valence-electron chi connectivity index (χ4n) is 2.93. The molecule has 2 aromatic carbocycles. The predicted octanol–water partition coefficient (Wildman–Crippen LogP) is 4.07. The smallest absolute Gasteiger partial charge is 0.0698 e. The van der Waals surface area contributed by atoms with E-state index in [-0.39, 0.29) is 0 Å². The Labute approximate surface area is 123 Å². The average Bonchev–Trinajstić information content (AvgIpc) is 2.90. The van der Waals surface area contributed by atoms with Crippen LogP contribution in [0.5, 0.6) is 0 Å². The van der Waals surface area contributed by atoms with Crippen LogP contribution in [0.4, 0.5) is 5.69 Å². The molecule has 0 saturated carbocycles. The van der Waals surface area contributed by atoms with Gasteiger partial charge in [-0.05, 0) is 29.8 Å². The van der Waals surface area contributed by atoms with Crippen molar-refractivity contribution < 1.29 is 0 Å². The molecule has 0 saturated heterocycles. The molecule has 1 aromatic heterocycles. The van der Waals surface area contributed by atoms with Crippen LogP contribution in [0.25, 0.3) is 22.7 Å². The maximum atomic E-state index is 7.32. The van der Waals surface area contributed by atoms with Crippen LogP contribution >= 0.6 is 0 Å². The number of fused-ring (bicyclic) bond motifs is 3. The summed E-state index contributed by atoms with van der Waals surface area (Å²) in [7, 11) is 0. The molecular weight excluding hydrogens is 258 g/mol. The van der Waals surface area contributed by atoms with Crippen molar-refractivity contribution >= 4 is 28.9 Å². The molecule has 2 N–H and O–H groups in total. The van der Waals surface area contributed by atoms with E-state index in [1.54, 1.807) is 0 Å². The molecule has 0 fully saturated rings. The summed E-state index contributed by atoms with van der Waals surface area (Å²) in [6.45, 7) is 0.869. The first kappa shape index (κ1) is 12.0. The summed E-state index contributed by atoms with van der Waals surface area (Å²) in [5.41, 5.74) is 5.61. The van der Waals surface area contributed by atoms with Crippen molar-refractivity contribution in [3.05, 3.63) is 65.9 Å². The molecule has 0 amide bonds. The lowest BCUT2D eigenvalue weighted by Crippen LogP contribution is -2.05. The second-order valence-electron chi connectivity index (χ2n) is 5.13. The average molecular weight is 273 g/mol. The van der Waals surface area contributed by atoms with Gasteiger partial charge in [0.15, 0.2) is 0 Å². The van der Waals surface area contributed by atoms with Crippen LogP contribution in [0.2, 0.25) is 0 Å². The van der Waals surface area contributed by atoms with E-state index in [2.05, 4.69) is 58.4 Å². The van der Waals surface area contributed by atoms with Crippen LogP contribution in [-0.4, -0.2) is 17.3 Å². The second kappa shape index (κ2) is 4.63. The molecule has 1 aliphatic rings. The number of rotatable bonds is 2. The molecule has 0 radical (unpaired) electrons. The monoisotopic (exact) mass is 273 g/mol. The molecule has 3 nitrogen and oxygen atoms in total. The number of aromatic nitrogens is 1. The van der Waals surface area contributed by atoms with Crippen molar-refractivity contribution in [2.75, 3.05) is 11.9 Å². The molecule has 21 heavy (non-hydrogen) atoms. The van der Waals surface area contributed by atoms with Crippen molar-refractivity contribution in [1.29, 1.82) is 5.41 Å². The standard InChI is InChI=1S/C18H15N3/c19-12-13-7-9-14(10-8-13)21-16-5-2-1-4-15(16)18-17(21)6-3-11-20-18/h1-10,12,19-20H,11H2. The maximum Gasteiger partial charge on any atom is 0.0698 e. The van der Waals surface area contributed by atoms with E-state index in [1.165, 1.54) is 28.5 Å². The predicted molar refractivity (Wildman–Crippen MR) is 88.7 cm³/mol. The third kappa shape index (κ3) is 1.78. The van der Waals surface area contributed by atoms with Crippen LogP contribution in [0.3, 0.4) is 0 Å². The summed E-state index contributed by atoms with van der Waals surface area (Å²) in [5, 5.41) is 12.0. The molecular formula is C18H15N3. The highest BCUT2D eigenvalue weighted by atomic mass is 15.0. The van der Waals surface area contributed by atoms with Crippen LogP contribution in [0.1, 0.15) is 11.3 Å². The van der Waals surface area contributed by atoms with Crippen molar-refractivity contribution in [3.63, 3.8) is 0 Å². The summed E-state index contributed by atoms with van der Waals surface area (Å²) >= 11 is 0. The van der Waals surface area contributed by atoms with E-state index >= 15 is 0 Å². The Morgan fingerprint density at radius 3 is 2.67 bits per heavy atom. The van der Waals surface area contributed by atoms with E-state index in [0.717, 1.165) is 17.8 Å². The van der Waals surface area contributed by atoms with Crippen molar-refractivity contribution in [3.8, 4) is 5.69 Å². The number of benzene rings is 2. The van der Waals surface area contributed by atoms with Gasteiger partial charge in [-0.1, -0.05) is 36.4 Å². The molecule has 4 rings (SSSR count). The first-order valence-corrected chi connectivity index (χ1v) is 7.03. The highest BCUT2D eigenvalue weighted by Gasteiger charge is 2.17. The fourth-order valence-corrected chi connectivity index (χ4v) is 2.93. The Balaban J connectivity index is 2.03. The van der Waals surface area contributed by atoms with Gasteiger partial charge < -0.3 is 15.3 Å². The van der Waals surface area contributed by atoms with Crippen LogP contribution < -0.4 is 5.32 Å². The normalized spacial score (nSPS) is 13.0. The van der Waals surface area contributed by atoms with E-state index in [1.807, 2.05) is 12.1 Å². The molecule has 0 bridgehead atoms. The lowest BCUT2D eigenvalue weighted by atomic mass is 10.2. The SMILES string of the molecule is N=Cc1ccc(-n2c3c(c4ccccc42)NCC=C3)cc1. The van der Waals surface area contributed by atoms with Crippen LogP contribution in [0.15, 0.2) is 54.6 Å². The van der Waals surface area contributed by atoms with Gasteiger partial charge in [0.25, 0.3) is 0 Å². The van der Waals surface area contributed by atoms with E-state index in [4.69, 9.17) is 5.41 Å². The minimum absolute atomic E-state index is 0.869. The Kier molecular flexibility index (Phi) is 2.64. The Hall–Kier alpha value is -2.81. The summed E-state index contributed by atoms with van der Waals surface area (Å²) < 4.78 is 2.26. The van der Waals surface area contributed by atoms with E-state index in [0.29, 0.717) is 0 Å². The van der Waals surface area contributed by atoms with E-state index < -0.39 is 0 Å². The zero-order chi connectivity index (χ0) is 14.2. The molecule has 2 heterocycles. The lowest BCUT2D eigenvalue weighted by molar-refractivity contribution is 1.10. The Morgan fingerprint density at radius 1 is 1.05 bits per heavy atom. The van der Waals surface area contributed by atoms with Crippen LogP contribution in [0, 0.1) is 5.41 Å².